The molecule has 27 heavy (non-hydrogen) atoms. The molecule has 0 fully saturated rings. The number of ether oxygens (including phenoxy) is 1. The molecule has 0 atom stereocenters. The van der Waals surface area contributed by atoms with Gasteiger partial charge in [-0.25, -0.2) is 0 Å². The summed E-state index contributed by atoms with van der Waals surface area (Å²) in [5, 5.41) is 2.88. The van der Waals surface area contributed by atoms with E-state index in [4.69, 9.17) is 4.74 Å². The molecule has 0 bridgehead atoms. The fourth-order valence-electron chi connectivity index (χ4n) is 2.88. The van der Waals surface area contributed by atoms with Crippen LogP contribution in [0.5, 0.6) is 5.75 Å². The average Bonchev–Trinajstić information content (AvgIpc) is 2.68. The smallest absolute Gasteiger partial charge is 0.226 e. The minimum atomic E-state index is -0.0946. The summed E-state index contributed by atoms with van der Waals surface area (Å²) in [5.74, 6) is 0.682. The fourth-order valence-corrected chi connectivity index (χ4v) is 2.88. The molecule has 5 heteroatoms. The highest BCUT2D eigenvalue weighted by atomic mass is 16.5. The Balaban J connectivity index is 1.86. The van der Waals surface area contributed by atoms with Crippen LogP contribution in [0, 0.1) is 0 Å². The lowest BCUT2D eigenvalue weighted by molar-refractivity contribution is -0.129. The molecule has 2 rings (SSSR count). The molecule has 2 aromatic carbocycles. The molecule has 144 valence electrons. The minimum Gasteiger partial charge on any atom is -0.496 e. The molecule has 0 spiro atoms. The SMILES string of the molecule is CCc1ccc(NC(=O)CCN(CCc2ccccc2OC)C(C)=O)cc1. The molecular weight excluding hydrogens is 340 g/mol. The molecular formula is C22H28N2O3. The quantitative estimate of drug-likeness (QED) is 0.735. The third kappa shape index (κ3) is 6.44. The van der Waals surface area contributed by atoms with E-state index < -0.39 is 0 Å². The second kappa shape index (κ2) is 10.4. The molecule has 5 nitrogen and oxygen atoms in total. The van der Waals surface area contributed by atoms with Crippen molar-refractivity contribution in [1.29, 1.82) is 0 Å². The van der Waals surface area contributed by atoms with Gasteiger partial charge in [-0.1, -0.05) is 37.3 Å². The summed E-state index contributed by atoms with van der Waals surface area (Å²) in [6.45, 7) is 4.57. The van der Waals surface area contributed by atoms with E-state index in [0.29, 0.717) is 19.5 Å². The van der Waals surface area contributed by atoms with Crippen LogP contribution in [0.2, 0.25) is 0 Å². The van der Waals surface area contributed by atoms with Crippen molar-refractivity contribution in [3.05, 3.63) is 59.7 Å². The van der Waals surface area contributed by atoms with Gasteiger partial charge >= 0.3 is 0 Å². The number of nitrogens with one attached hydrogen (secondary N) is 1. The molecule has 0 heterocycles. The zero-order valence-electron chi connectivity index (χ0n) is 16.3. The van der Waals surface area contributed by atoms with Crippen LogP contribution in [-0.2, 0) is 22.4 Å². The van der Waals surface area contributed by atoms with Crippen LogP contribution in [0.25, 0.3) is 0 Å². The lowest BCUT2D eigenvalue weighted by Gasteiger charge is -2.21. The number of rotatable bonds is 9. The van der Waals surface area contributed by atoms with Crippen molar-refractivity contribution in [2.24, 2.45) is 0 Å². The van der Waals surface area contributed by atoms with Gasteiger partial charge in [0.05, 0.1) is 7.11 Å². The first-order valence-corrected chi connectivity index (χ1v) is 9.29. The Bertz CT molecular complexity index is 756. The monoisotopic (exact) mass is 368 g/mol. The number of amides is 2. The number of hydrogen-bond acceptors (Lipinski definition) is 3. The second-order valence-corrected chi connectivity index (χ2v) is 6.42. The summed E-state index contributed by atoms with van der Waals surface area (Å²) in [7, 11) is 1.64. The number of aryl methyl sites for hydroxylation is 1. The molecule has 0 saturated carbocycles. The summed E-state index contributed by atoms with van der Waals surface area (Å²) >= 11 is 0. The van der Waals surface area contributed by atoms with E-state index >= 15 is 0 Å². The molecule has 0 aromatic heterocycles. The maximum atomic E-state index is 12.2. The van der Waals surface area contributed by atoms with E-state index in [1.165, 1.54) is 12.5 Å². The van der Waals surface area contributed by atoms with Gasteiger partial charge in [0.25, 0.3) is 0 Å². The molecule has 2 aromatic rings. The van der Waals surface area contributed by atoms with E-state index in [2.05, 4.69) is 12.2 Å². The van der Waals surface area contributed by atoms with Crippen LogP contribution < -0.4 is 10.1 Å². The van der Waals surface area contributed by atoms with E-state index in [1.54, 1.807) is 12.0 Å². The lowest BCUT2D eigenvalue weighted by atomic mass is 10.1. The first-order valence-electron chi connectivity index (χ1n) is 9.29. The Hall–Kier alpha value is -2.82. The van der Waals surface area contributed by atoms with Gasteiger partial charge in [-0.05, 0) is 42.2 Å². The van der Waals surface area contributed by atoms with Crippen LogP contribution in [-0.4, -0.2) is 36.9 Å². The predicted molar refractivity (Wildman–Crippen MR) is 108 cm³/mol. The minimum absolute atomic E-state index is 0.0370. The number of carbonyl (C=O) groups excluding carboxylic acids is 2. The summed E-state index contributed by atoms with van der Waals surface area (Å²) < 4.78 is 5.35. The molecule has 0 aliphatic heterocycles. The predicted octanol–water partition coefficient (Wildman–Crippen LogP) is 3.68. The third-order valence-corrected chi connectivity index (χ3v) is 4.54. The standard InChI is InChI=1S/C22H28N2O3/c1-4-18-9-11-20(12-10-18)23-22(26)14-16-24(17(2)25)15-13-19-7-5-6-8-21(19)27-3/h5-12H,4,13-16H2,1-3H3,(H,23,26). The summed E-state index contributed by atoms with van der Waals surface area (Å²) in [4.78, 5) is 25.8. The molecule has 0 radical (unpaired) electrons. The summed E-state index contributed by atoms with van der Waals surface area (Å²) in [5.41, 5.74) is 3.06. The van der Waals surface area contributed by atoms with Crippen molar-refractivity contribution < 1.29 is 14.3 Å². The van der Waals surface area contributed by atoms with Gasteiger partial charge in [-0.3, -0.25) is 9.59 Å². The van der Waals surface area contributed by atoms with Crippen LogP contribution in [0.15, 0.2) is 48.5 Å². The Labute approximate surface area is 161 Å². The maximum Gasteiger partial charge on any atom is 0.226 e. The maximum absolute atomic E-state index is 12.2. The largest absolute Gasteiger partial charge is 0.496 e. The molecule has 0 aliphatic carbocycles. The van der Waals surface area contributed by atoms with Gasteiger partial charge in [0, 0.05) is 32.1 Å². The van der Waals surface area contributed by atoms with Crippen LogP contribution >= 0.6 is 0 Å². The normalized spacial score (nSPS) is 10.3. The Kier molecular flexibility index (Phi) is 7.86. The number of benzene rings is 2. The molecule has 1 N–H and O–H groups in total. The number of para-hydroxylation sites is 1. The van der Waals surface area contributed by atoms with E-state index in [1.807, 2.05) is 48.5 Å². The fraction of sp³-hybridized carbons (Fsp3) is 0.364. The average molecular weight is 368 g/mol. The highest BCUT2D eigenvalue weighted by Gasteiger charge is 2.13. The summed E-state index contributed by atoms with van der Waals surface area (Å²) in [6, 6.07) is 15.6. The van der Waals surface area contributed by atoms with Gasteiger partial charge in [0.15, 0.2) is 0 Å². The van der Waals surface area contributed by atoms with Gasteiger partial charge in [-0.2, -0.15) is 0 Å². The Morgan fingerprint density at radius 2 is 1.74 bits per heavy atom. The first-order chi connectivity index (χ1) is 13.0. The molecule has 0 saturated heterocycles. The highest BCUT2D eigenvalue weighted by molar-refractivity contribution is 5.91. The van der Waals surface area contributed by atoms with E-state index in [-0.39, 0.29) is 18.2 Å². The first kappa shape index (κ1) is 20.5. The van der Waals surface area contributed by atoms with E-state index in [0.717, 1.165) is 23.4 Å². The van der Waals surface area contributed by atoms with Crippen molar-refractivity contribution in [2.75, 3.05) is 25.5 Å². The topological polar surface area (TPSA) is 58.6 Å². The zero-order chi connectivity index (χ0) is 19.6. The second-order valence-electron chi connectivity index (χ2n) is 6.42. The number of methoxy groups -OCH3 is 1. The van der Waals surface area contributed by atoms with Gasteiger partial charge in [0.2, 0.25) is 11.8 Å². The zero-order valence-corrected chi connectivity index (χ0v) is 16.3. The highest BCUT2D eigenvalue weighted by Crippen LogP contribution is 2.18. The van der Waals surface area contributed by atoms with Crippen molar-refractivity contribution in [1.82, 2.24) is 4.90 Å². The van der Waals surface area contributed by atoms with Gasteiger partial charge in [0.1, 0.15) is 5.75 Å². The third-order valence-electron chi connectivity index (χ3n) is 4.54. The summed E-state index contributed by atoms with van der Waals surface area (Å²) in [6.07, 6.45) is 1.92. The molecule has 0 aliphatic rings. The van der Waals surface area contributed by atoms with Crippen molar-refractivity contribution in [2.45, 2.75) is 33.1 Å². The molecule has 2 amide bonds. The Morgan fingerprint density at radius 3 is 2.37 bits per heavy atom. The number of carbonyl (C=O) groups is 2. The van der Waals surface area contributed by atoms with Crippen molar-refractivity contribution >= 4 is 17.5 Å². The van der Waals surface area contributed by atoms with Gasteiger partial charge < -0.3 is 15.0 Å². The molecule has 0 unspecified atom stereocenters. The van der Waals surface area contributed by atoms with Crippen molar-refractivity contribution in [3.63, 3.8) is 0 Å². The Morgan fingerprint density at radius 1 is 1.04 bits per heavy atom. The van der Waals surface area contributed by atoms with Crippen LogP contribution in [0.3, 0.4) is 0 Å². The number of nitrogens with zero attached hydrogens (tertiary/aromatic N) is 1. The number of anilines is 1. The van der Waals surface area contributed by atoms with Crippen LogP contribution in [0.1, 0.15) is 31.4 Å². The lowest BCUT2D eigenvalue weighted by Crippen LogP contribution is -2.33. The van der Waals surface area contributed by atoms with Gasteiger partial charge in [-0.15, -0.1) is 0 Å². The van der Waals surface area contributed by atoms with E-state index in [9.17, 15) is 9.59 Å². The number of hydrogen-bond donors (Lipinski definition) is 1. The van der Waals surface area contributed by atoms with Crippen molar-refractivity contribution in [3.8, 4) is 5.75 Å². The van der Waals surface area contributed by atoms with Crippen LogP contribution in [0.4, 0.5) is 5.69 Å².